The lowest BCUT2D eigenvalue weighted by Gasteiger charge is -2.33. The molecule has 0 aromatic heterocycles. The standard InChI is InChI=1S/C31H39N3O4S/c1-6-25-16-18-27(19-17-25)34(39(37,38)28-14-9-8-10-15-28)22-30(35)33(21-26-13-11-12-24(5)20-26)29(7-2)31(36)32-23(3)4/h8-20,23,29H,6-7,21-22H2,1-5H3,(H,32,36). The monoisotopic (exact) mass is 549 g/mol. The highest BCUT2D eigenvalue weighted by Crippen LogP contribution is 2.25. The van der Waals surface area contributed by atoms with E-state index in [1.165, 1.54) is 17.0 Å². The number of benzene rings is 3. The van der Waals surface area contributed by atoms with Crippen molar-refractivity contribution in [3.8, 4) is 0 Å². The van der Waals surface area contributed by atoms with E-state index < -0.39 is 28.5 Å². The summed E-state index contributed by atoms with van der Waals surface area (Å²) in [4.78, 5) is 28.8. The average molecular weight is 550 g/mol. The van der Waals surface area contributed by atoms with Gasteiger partial charge in [-0.2, -0.15) is 0 Å². The Morgan fingerprint density at radius 2 is 1.54 bits per heavy atom. The van der Waals surface area contributed by atoms with Crippen LogP contribution in [0.3, 0.4) is 0 Å². The predicted octanol–water partition coefficient (Wildman–Crippen LogP) is 5.08. The first-order chi connectivity index (χ1) is 18.6. The van der Waals surface area contributed by atoms with Gasteiger partial charge in [-0.3, -0.25) is 13.9 Å². The van der Waals surface area contributed by atoms with Gasteiger partial charge in [0.05, 0.1) is 10.6 Å². The van der Waals surface area contributed by atoms with Gasteiger partial charge in [0.15, 0.2) is 0 Å². The van der Waals surface area contributed by atoms with Gasteiger partial charge in [-0.05, 0) is 69.0 Å². The van der Waals surface area contributed by atoms with Crippen molar-refractivity contribution in [3.63, 3.8) is 0 Å². The van der Waals surface area contributed by atoms with Crippen molar-refractivity contribution in [2.45, 2.75) is 71.0 Å². The van der Waals surface area contributed by atoms with Gasteiger partial charge in [-0.15, -0.1) is 0 Å². The first kappa shape index (κ1) is 29.9. The van der Waals surface area contributed by atoms with Crippen molar-refractivity contribution in [1.82, 2.24) is 10.2 Å². The molecule has 0 fully saturated rings. The van der Waals surface area contributed by atoms with Crippen molar-refractivity contribution in [2.24, 2.45) is 0 Å². The molecule has 2 amide bonds. The number of sulfonamides is 1. The Balaban J connectivity index is 2.05. The fourth-order valence-corrected chi connectivity index (χ4v) is 5.89. The molecule has 39 heavy (non-hydrogen) atoms. The molecule has 0 radical (unpaired) electrons. The highest BCUT2D eigenvalue weighted by Gasteiger charge is 2.33. The number of amides is 2. The van der Waals surface area contributed by atoms with Gasteiger partial charge < -0.3 is 10.2 Å². The van der Waals surface area contributed by atoms with E-state index in [9.17, 15) is 18.0 Å². The summed E-state index contributed by atoms with van der Waals surface area (Å²) in [5, 5.41) is 2.92. The molecule has 208 valence electrons. The molecular weight excluding hydrogens is 510 g/mol. The van der Waals surface area contributed by atoms with Gasteiger partial charge >= 0.3 is 0 Å². The van der Waals surface area contributed by atoms with Crippen molar-refractivity contribution in [2.75, 3.05) is 10.8 Å². The lowest BCUT2D eigenvalue weighted by atomic mass is 10.1. The second kappa shape index (κ2) is 13.4. The molecule has 0 saturated heterocycles. The summed E-state index contributed by atoms with van der Waals surface area (Å²) >= 11 is 0. The first-order valence-corrected chi connectivity index (χ1v) is 14.8. The van der Waals surface area contributed by atoms with Crippen LogP contribution in [0.2, 0.25) is 0 Å². The molecule has 8 heteroatoms. The van der Waals surface area contributed by atoms with Gasteiger partial charge in [0.25, 0.3) is 10.0 Å². The Bertz CT molecular complexity index is 1360. The Labute approximate surface area is 232 Å². The fraction of sp³-hybridized carbons (Fsp3) is 0.355. The van der Waals surface area contributed by atoms with E-state index in [2.05, 4.69) is 5.32 Å². The van der Waals surface area contributed by atoms with Gasteiger partial charge in [0.1, 0.15) is 12.6 Å². The summed E-state index contributed by atoms with van der Waals surface area (Å²) in [6.45, 7) is 9.30. The molecule has 1 unspecified atom stereocenters. The number of anilines is 1. The topological polar surface area (TPSA) is 86.8 Å². The highest BCUT2D eigenvalue weighted by atomic mass is 32.2. The highest BCUT2D eigenvalue weighted by molar-refractivity contribution is 7.92. The van der Waals surface area contributed by atoms with Crippen LogP contribution in [-0.2, 0) is 32.6 Å². The molecule has 3 rings (SSSR count). The van der Waals surface area contributed by atoms with E-state index in [4.69, 9.17) is 0 Å². The van der Waals surface area contributed by atoms with E-state index in [0.717, 1.165) is 27.4 Å². The summed E-state index contributed by atoms with van der Waals surface area (Å²) in [6.07, 6.45) is 1.19. The molecule has 1 atom stereocenters. The molecule has 0 bridgehead atoms. The number of carbonyl (C=O) groups is 2. The fourth-order valence-electron chi connectivity index (χ4n) is 4.45. The number of aryl methyl sites for hydroxylation is 2. The number of nitrogens with one attached hydrogen (secondary N) is 1. The second-order valence-corrected chi connectivity index (χ2v) is 11.8. The molecule has 0 heterocycles. The SMILES string of the molecule is CCc1ccc(N(CC(=O)N(Cc2cccc(C)c2)C(CC)C(=O)NC(C)C)S(=O)(=O)c2ccccc2)cc1. The maximum atomic E-state index is 14.0. The summed E-state index contributed by atoms with van der Waals surface area (Å²) in [5.41, 5.74) is 3.34. The molecule has 1 N–H and O–H groups in total. The average Bonchev–Trinajstić information content (AvgIpc) is 2.91. The minimum Gasteiger partial charge on any atom is -0.352 e. The van der Waals surface area contributed by atoms with Crippen molar-refractivity contribution < 1.29 is 18.0 Å². The molecule has 7 nitrogen and oxygen atoms in total. The van der Waals surface area contributed by atoms with Crippen LogP contribution in [0, 0.1) is 6.92 Å². The summed E-state index contributed by atoms with van der Waals surface area (Å²) < 4.78 is 28.8. The smallest absolute Gasteiger partial charge is 0.264 e. The zero-order chi connectivity index (χ0) is 28.6. The van der Waals surface area contributed by atoms with Crippen LogP contribution in [0.15, 0.2) is 83.8 Å². The van der Waals surface area contributed by atoms with E-state index >= 15 is 0 Å². The van der Waals surface area contributed by atoms with Crippen molar-refractivity contribution in [1.29, 1.82) is 0 Å². The number of rotatable bonds is 12. The van der Waals surface area contributed by atoms with Gasteiger partial charge in [0.2, 0.25) is 11.8 Å². The van der Waals surface area contributed by atoms with Crippen LogP contribution >= 0.6 is 0 Å². The van der Waals surface area contributed by atoms with E-state index in [1.54, 1.807) is 30.3 Å². The normalized spacial score (nSPS) is 12.2. The summed E-state index contributed by atoms with van der Waals surface area (Å²) in [7, 11) is -4.07. The van der Waals surface area contributed by atoms with Gasteiger partial charge in [-0.25, -0.2) is 8.42 Å². The largest absolute Gasteiger partial charge is 0.352 e. The zero-order valence-electron chi connectivity index (χ0n) is 23.4. The molecular formula is C31H39N3O4S. The maximum Gasteiger partial charge on any atom is 0.264 e. The van der Waals surface area contributed by atoms with Crippen LogP contribution in [0.4, 0.5) is 5.69 Å². The van der Waals surface area contributed by atoms with Gasteiger partial charge in [-0.1, -0.05) is 74.0 Å². The lowest BCUT2D eigenvalue weighted by Crippen LogP contribution is -2.53. The Morgan fingerprint density at radius 1 is 0.872 bits per heavy atom. The molecule has 3 aromatic rings. The quantitative estimate of drug-likeness (QED) is 0.341. The number of nitrogens with zero attached hydrogens (tertiary/aromatic N) is 2. The van der Waals surface area contributed by atoms with Crippen LogP contribution in [0.1, 0.15) is 50.8 Å². The van der Waals surface area contributed by atoms with Crippen molar-refractivity contribution in [3.05, 3.63) is 95.6 Å². The number of carbonyl (C=O) groups excluding carboxylic acids is 2. The van der Waals surface area contributed by atoms with E-state index in [0.29, 0.717) is 12.1 Å². The minimum atomic E-state index is -4.07. The number of hydrogen-bond acceptors (Lipinski definition) is 4. The predicted molar refractivity (Wildman–Crippen MR) is 156 cm³/mol. The van der Waals surface area contributed by atoms with Crippen LogP contribution in [0.5, 0.6) is 0 Å². The van der Waals surface area contributed by atoms with Crippen molar-refractivity contribution >= 4 is 27.5 Å². The van der Waals surface area contributed by atoms with Crippen LogP contribution < -0.4 is 9.62 Å². The first-order valence-electron chi connectivity index (χ1n) is 13.4. The zero-order valence-corrected chi connectivity index (χ0v) is 24.2. The molecule has 0 aliphatic carbocycles. The Kier molecular flexibility index (Phi) is 10.3. The third-order valence-corrected chi connectivity index (χ3v) is 8.28. The van der Waals surface area contributed by atoms with Crippen LogP contribution in [-0.4, -0.2) is 43.8 Å². The third kappa shape index (κ3) is 7.69. The number of hydrogen-bond donors (Lipinski definition) is 1. The molecule has 0 saturated carbocycles. The molecule has 3 aromatic carbocycles. The molecule has 0 spiro atoms. The second-order valence-electron chi connectivity index (χ2n) is 9.94. The van der Waals surface area contributed by atoms with E-state index in [-0.39, 0.29) is 23.4 Å². The lowest BCUT2D eigenvalue weighted by molar-refractivity contribution is -0.140. The summed E-state index contributed by atoms with van der Waals surface area (Å²) in [6, 6.07) is 22.1. The Morgan fingerprint density at radius 3 is 2.10 bits per heavy atom. The van der Waals surface area contributed by atoms with E-state index in [1.807, 2.05) is 71.0 Å². The summed E-state index contributed by atoms with van der Waals surface area (Å²) in [5.74, 6) is -0.723. The Hall–Kier alpha value is -3.65. The third-order valence-electron chi connectivity index (χ3n) is 6.49. The van der Waals surface area contributed by atoms with Gasteiger partial charge in [0, 0.05) is 12.6 Å². The minimum absolute atomic E-state index is 0.0900. The molecule has 0 aliphatic heterocycles. The molecule has 0 aliphatic rings. The van der Waals surface area contributed by atoms with Crippen LogP contribution in [0.25, 0.3) is 0 Å². The maximum absolute atomic E-state index is 14.0.